The number of benzene rings is 1. The van der Waals surface area contributed by atoms with Gasteiger partial charge in [0.05, 0.1) is 18.8 Å². The highest BCUT2D eigenvalue weighted by molar-refractivity contribution is 5.90. The summed E-state index contributed by atoms with van der Waals surface area (Å²) in [7, 11) is 0. The van der Waals surface area contributed by atoms with E-state index in [0.29, 0.717) is 0 Å². The topological polar surface area (TPSA) is 119 Å². The number of carbonyl (C=O) groups excluding carboxylic acids is 2. The van der Waals surface area contributed by atoms with Crippen LogP contribution < -0.4 is 5.73 Å². The minimum atomic E-state index is -1.79. The lowest BCUT2D eigenvalue weighted by molar-refractivity contribution is -0.159. The van der Waals surface area contributed by atoms with Gasteiger partial charge in [-0.25, -0.2) is 9.59 Å². The molecule has 0 saturated carbocycles. The van der Waals surface area contributed by atoms with Crippen LogP contribution in [0.15, 0.2) is 18.2 Å². The number of hydrogen-bond donors (Lipinski definition) is 3. The molecule has 1 aromatic rings. The molecule has 0 fully saturated rings. The fraction of sp³-hybridized carbons (Fsp3) is 0.429. The predicted octanol–water partition coefficient (Wildman–Crippen LogP) is 0.403. The van der Waals surface area contributed by atoms with Crippen LogP contribution in [0, 0.1) is 0 Å². The summed E-state index contributed by atoms with van der Waals surface area (Å²) in [5, 5.41) is 19.8. The van der Waals surface area contributed by atoms with E-state index in [1.54, 1.807) is 13.8 Å². The third-order valence-electron chi connectivity index (χ3n) is 2.74. The summed E-state index contributed by atoms with van der Waals surface area (Å²) in [5.41, 5.74) is 6.06. The fourth-order valence-electron chi connectivity index (χ4n) is 1.70. The van der Waals surface area contributed by atoms with Gasteiger partial charge in [0.15, 0.2) is 6.10 Å². The molecule has 1 aromatic carbocycles. The maximum Gasteiger partial charge on any atom is 0.338 e. The van der Waals surface area contributed by atoms with E-state index in [-0.39, 0.29) is 30.0 Å². The third-order valence-corrected chi connectivity index (χ3v) is 2.74. The third kappa shape index (κ3) is 4.17. The van der Waals surface area contributed by atoms with Gasteiger partial charge < -0.3 is 25.4 Å². The van der Waals surface area contributed by atoms with E-state index in [4.69, 9.17) is 10.5 Å². The number of aliphatic hydroxyl groups is 2. The smallest absolute Gasteiger partial charge is 0.338 e. The van der Waals surface area contributed by atoms with Gasteiger partial charge in [-0.3, -0.25) is 0 Å². The van der Waals surface area contributed by atoms with Crippen LogP contribution in [0.3, 0.4) is 0 Å². The molecule has 2 atom stereocenters. The van der Waals surface area contributed by atoms with Gasteiger partial charge >= 0.3 is 11.9 Å². The van der Waals surface area contributed by atoms with Crippen molar-refractivity contribution >= 4 is 17.6 Å². The van der Waals surface area contributed by atoms with Gasteiger partial charge in [-0.15, -0.1) is 0 Å². The molecule has 7 nitrogen and oxygen atoms in total. The van der Waals surface area contributed by atoms with Gasteiger partial charge in [-0.05, 0) is 32.0 Å². The van der Waals surface area contributed by atoms with Crippen molar-refractivity contribution in [3.05, 3.63) is 29.3 Å². The van der Waals surface area contributed by atoms with Gasteiger partial charge in [-0.1, -0.05) is 0 Å². The first kappa shape index (κ1) is 16.9. The number of hydrogen-bond acceptors (Lipinski definition) is 7. The molecule has 0 amide bonds. The molecule has 0 aliphatic carbocycles. The van der Waals surface area contributed by atoms with E-state index in [0.717, 1.165) is 0 Å². The molecular formula is C14H19NO6. The average molecular weight is 297 g/mol. The summed E-state index contributed by atoms with van der Waals surface area (Å²) in [6, 6.07) is 4.10. The van der Waals surface area contributed by atoms with Gasteiger partial charge in [0.25, 0.3) is 0 Å². The molecule has 0 spiro atoms. The van der Waals surface area contributed by atoms with E-state index in [9.17, 15) is 19.8 Å². The number of esters is 2. The Balaban J connectivity index is 3.03. The van der Waals surface area contributed by atoms with Gasteiger partial charge in [0, 0.05) is 11.3 Å². The second kappa shape index (κ2) is 7.61. The van der Waals surface area contributed by atoms with Crippen molar-refractivity contribution in [2.75, 3.05) is 18.9 Å². The Morgan fingerprint density at radius 1 is 1.19 bits per heavy atom. The van der Waals surface area contributed by atoms with Crippen molar-refractivity contribution < 1.29 is 29.3 Å². The van der Waals surface area contributed by atoms with Gasteiger partial charge in [0.1, 0.15) is 6.10 Å². The zero-order valence-electron chi connectivity index (χ0n) is 11.9. The van der Waals surface area contributed by atoms with Gasteiger partial charge in [0.2, 0.25) is 0 Å². The van der Waals surface area contributed by atoms with Gasteiger partial charge in [-0.2, -0.15) is 0 Å². The highest BCUT2D eigenvalue weighted by Gasteiger charge is 2.29. The lowest BCUT2D eigenvalue weighted by atomic mass is 10.00. The highest BCUT2D eigenvalue weighted by Crippen LogP contribution is 2.25. The molecule has 116 valence electrons. The second-order valence-electron chi connectivity index (χ2n) is 4.21. The molecule has 0 aromatic heterocycles. The Hall–Kier alpha value is -2.12. The minimum Gasteiger partial charge on any atom is -0.464 e. The van der Waals surface area contributed by atoms with E-state index in [2.05, 4.69) is 4.74 Å². The van der Waals surface area contributed by atoms with Crippen LogP contribution >= 0.6 is 0 Å². The number of anilines is 1. The number of ether oxygens (including phenoxy) is 2. The first-order chi connectivity index (χ1) is 9.92. The van der Waals surface area contributed by atoms with Crippen molar-refractivity contribution in [1.82, 2.24) is 0 Å². The van der Waals surface area contributed by atoms with E-state index >= 15 is 0 Å². The van der Waals surface area contributed by atoms with Crippen molar-refractivity contribution in [3.63, 3.8) is 0 Å². The summed E-state index contributed by atoms with van der Waals surface area (Å²) >= 11 is 0. The Kier molecular flexibility index (Phi) is 6.13. The molecule has 0 aliphatic heterocycles. The van der Waals surface area contributed by atoms with Crippen LogP contribution in [0.2, 0.25) is 0 Å². The van der Waals surface area contributed by atoms with Crippen LogP contribution in [0.1, 0.15) is 35.9 Å². The zero-order chi connectivity index (χ0) is 16.0. The second-order valence-corrected chi connectivity index (χ2v) is 4.21. The molecule has 7 heteroatoms. The van der Waals surface area contributed by atoms with E-state index in [1.807, 2.05) is 0 Å². The standard InChI is InChI=1S/C14H19NO6/c1-3-20-13(18)8-5-6-10(15)9(7-8)11(16)12(17)14(19)21-4-2/h5-7,11-12,16-17H,3-4,15H2,1-2H3. The van der Waals surface area contributed by atoms with E-state index in [1.165, 1.54) is 18.2 Å². The van der Waals surface area contributed by atoms with Crippen LogP contribution in [-0.4, -0.2) is 41.5 Å². The summed E-state index contributed by atoms with van der Waals surface area (Å²) < 4.78 is 9.45. The molecule has 0 heterocycles. The first-order valence-corrected chi connectivity index (χ1v) is 6.51. The van der Waals surface area contributed by atoms with E-state index < -0.39 is 24.1 Å². The van der Waals surface area contributed by atoms with Crippen molar-refractivity contribution in [3.8, 4) is 0 Å². The largest absolute Gasteiger partial charge is 0.464 e. The molecule has 0 bridgehead atoms. The van der Waals surface area contributed by atoms with Crippen LogP contribution in [-0.2, 0) is 14.3 Å². The van der Waals surface area contributed by atoms with Crippen LogP contribution in [0.25, 0.3) is 0 Å². The van der Waals surface area contributed by atoms with Crippen molar-refractivity contribution in [2.24, 2.45) is 0 Å². The number of rotatable bonds is 6. The monoisotopic (exact) mass is 297 g/mol. The lowest BCUT2D eigenvalue weighted by Crippen LogP contribution is -2.30. The summed E-state index contributed by atoms with van der Waals surface area (Å²) in [6.07, 6.45) is -3.39. The molecule has 0 radical (unpaired) electrons. The number of nitrogens with two attached hydrogens (primary N) is 1. The number of carbonyl (C=O) groups is 2. The molecule has 0 saturated heterocycles. The average Bonchev–Trinajstić information content (AvgIpc) is 2.46. The summed E-state index contributed by atoms with van der Waals surface area (Å²) in [4.78, 5) is 23.1. The summed E-state index contributed by atoms with van der Waals surface area (Å²) in [5.74, 6) is -1.55. The molecule has 1 rings (SSSR count). The normalized spacial score (nSPS) is 13.3. The minimum absolute atomic E-state index is 0.0566. The molecule has 21 heavy (non-hydrogen) atoms. The molecule has 0 aliphatic rings. The van der Waals surface area contributed by atoms with Crippen LogP contribution in [0.4, 0.5) is 5.69 Å². The molecule has 2 unspecified atom stereocenters. The lowest BCUT2D eigenvalue weighted by Gasteiger charge is -2.18. The predicted molar refractivity (Wildman–Crippen MR) is 74.4 cm³/mol. The van der Waals surface area contributed by atoms with Crippen molar-refractivity contribution in [1.29, 1.82) is 0 Å². The first-order valence-electron chi connectivity index (χ1n) is 6.51. The maximum absolute atomic E-state index is 11.6. The number of aliphatic hydroxyl groups excluding tert-OH is 2. The highest BCUT2D eigenvalue weighted by atomic mass is 16.5. The summed E-state index contributed by atoms with van der Waals surface area (Å²) in [6.45, 7) is 3.51. The maximum atomic E-state index is 11.6. The Morgan fingerprint density at radius 2 is 1.81 bits per heavy atom. The zero-order valence-corrected chi connectivity index (χ0v) is 11.9. The SMILES string of the molecule is CCOC(=O)c1ccc(N)c(C(O)C(O)C(=O)OCC)c1. The molecular weight excluding hydrogens is 278 g/mol. The fourth-order valence-corrected chi connectivity index (χ4v) is 1.70. The van der Waals surface area contributed by atoms with Crippen LogP contribution in [0.5, 0.6) is 0 Å². The Labute approximate surface area is 122 Å². The number of nitrogen functional groups attached to an aromatic ring is 1. The quantitative estimate of drug-likeness (QED) is 0.513. The van der Waals surface area contributed by atoms with Crippen molar-refractivity contribution in [2.45, 2.75) is 26.1 Å². The Bertz CT molecular complexity index is 516. The Morgan fingerprint density at radius 3 is 2.38 bits per heavy atom. The molecule has 4 N–H and O–H groups in total.